The number of nitrogens with zero attached hydrogens (tertiary/aromatic N) is 2. The molecule has 0 saturated heterocycles. The first kappa shape index (κ1) is 14.8. The van der Waals surface area contributed by atoms with Crippen molar-refractivity contribution < 1.29 is 4.74 Å². The van der Waals surface area contributed by atoms with E-state index in [1.165, 1.54) is 0 Å². The van der Waals surface area contributed by atoms with Crippen molar-refractivity contribution in [2.75, 3.05) is 14.2 Å². The topological polar surface area (TPSA) is 47.0 Å². The van der Waals surface area contributed by atoms with Crippen LogP contribution in [0.3, 0.4) is 0 Å². The van der Waals surface area contributed by atoms with E-state index in [0.717, 1.165) is 26.9 Å². The molecule has 0 aliphatic heterocycles. The van der Waals surface area contributed by atoms with Crippen LogP contribution in [0.2, 0.25) is 0 Å². The molecule has 2 aromatic rings. The molecule has 0 radical (unpaired) electrons. The van der Waals surface area contributed by atoms with Crippen molar-refractivity contribution >= 4 is 11.8 Å². The predicted octanol–water partition coefficient (Wildman–Crippen LogP) is 3.23. The van der Waals surface area contributed by atoms with Gasteiger partial charge < -0.3 is 10.1 Å². The zero-order chi connectivity index (χ0) is 14.5. The molecular formula is C15H19N3OS. The van der Waals surface area contributed by atoms with Gasteiger partial charge in [0.25, 0.3) is 0 Å². The molecule has 0 saturated carbocycles. The van der Waals surface area contributed by atoms with Crippen LogP contribution in [0.5, 0.6) is 5.75 Å². The first-order chi connectivity index (χ1) is 9.65. The minimum atomic E-state index is 0.194. The molecule has 4 nitrogen and oxygen atoms in total. The summed E-state index contributed by atoms with van der Waals surface area (Å²) in [6.07, 6.45) is 3.66. The Morgan fingerprint density at radius 2 is 1.95 bits per heavy atom. The lowest BCUT2D eigenvalue weighted by Crippen LogP contribution is -2.14. The van der Waals surface area contributed by atoms with E-state index < -0.39 is 0 Å². The summed E-state index contributed by atoms with van der Waals surface area (Å²) in [5.41, 5.74) is 2.19. The molecule has 0 amide bonds. The summed E-state index contributed by atoms with van der Waals surface area (Å²) in [6.45, 7) is 4.09. The first-order valence-corrected chi connectivity index (χ1v) is 7.28. The highest BCUT2D eigenvalue weighted by molar-refractivity contribution is 7.99. The Morgan fingerprint density at radius 1 is 1.25 bits per heavy atom. The van der Waals surface area contributed by atoms with Gasteiger partial charge in [0.15, 0.2) is 5.16 Å². The van der Waals surface area contributed by atoms with Gasteiger partial charge in [0.1, 0.15) is 5.75 Å². The minimum Gasteiger partial charge on any atom is -0.496 e. The first-order valence-electron chi connectivity index (χ1n) is 6.46. The van der Waals surface area contributed by atoms with Gasteiger partial charge in [-0.15, -0.1) is 0 Å². The number of aromatic nitrogens is 2. The number of methoxy groups -OCH3 is 1. The molecule has 1 heterocycles. The summed E-state index contributed by atoms with van der Waals surface area (Å²) in [7, 11) is 3.63. The standard InChI is InChI=1S/C15H19N3OS/c1-10-8-17-15(18-9-10)20-13-7-5-6-12(19-4)14(13)11(2)16-3/h5-9,11,16H,1-4H3. The van der Waals surface area contributed by atoms with Crippen LogP contribution in [0.4, 0.5) is 0 Å². The van der Waals surface area contributed by atoms with Crippen molar-refractivity contribution in [3.63, 3.8) is 0 Å². The average Bonchev–Trinajstić information content (AvgIpc) is 2.48. The fourth-order valence-corrected chi connectivity index (χ4v) is 2.84. The van der Waals surface area contributed by atoms with Crippen molar-refractivity contribution in [2.24, 2.45) is 0 Å². The Kier molecular flexibility index (Phi) is 4.98. The predicted molar refractivity (Wildman–Crippen MR) is 81.4 cm³/mol. The van der Waals surface area contributed by atoms with Crippen LogP contribution in [0, 0.1) is 6.92 Å². The highest BCUT2D eigenvalue weighted by Gasteiger charge is 2.16. The van der Waals surface area contributed by atoms with Crippen molar-refractivity contribution in [1.82, 2.24) is 15.3 Å². The zero-order valence-corrected chi connectivity index (χ0v) is 13.0. The van der Waals surface area contributed by atoms with Gasteiger partial charge in [-0.25, -0.2) is 9.97 Å². The molecule has 0 aliphatic carbocycles. The Hall–Kier alpha value is -1.59. The van der Waals surface area contributed by atoms with Gasteiger partial charge in [-0.05, 0) is 50.4 Å². The number of ether oxygens (including phenoxy) is 1. The molecule has 0 fully saturated rings. The Bertz CT molecular complexity index is 572. The fraction of sp³-hybridized carbons (Fsp3) is 0.333. The molecule has 1 N–H and O–H groups in total. The van der Waals surface area contributed by atoms with Crippen LogP contribution in [0.1, 0.15) is 24.1 Å². The van der Waals surface area contributed by atoms with E-state index in [2.05, 4.69) is 28.3 Å². The van der Waals surface area contributed by atoms with Crippen molar-refractivity contribution in [2.45, 2.75) is 29.9 Å². The lowest BCUT2D eigenvalue weighted by molar-refractivity contribution is 0.401. The third-order valence-corrected chi connectivity index (χ3v) is 4.04. The van der Waals surface area contributed by atoms with E-state index in [1.54, 1.807) is 18.9 Å². The molecular weight excluding hydrogens is 270 g/mol. The lowest BCUT2D eigenvalue weighted by atomic mass is 10.1. The number of aryl methyl sites for hydroxylation is 1. The number of rotatable bonds is 5. The summed E-state index contributed by atoms with van der Waals surface area (Å²) >= 11 is 1.55. The second-order valence-corrected chi connectivity index (χ2v) is 5.54. The molecule has 1 aromatic heterocycles. The summed E-state index contributed by atoms with van der Waals surface area (Å²) in [4.78, 5) is 9.80. The molecule has 1 aromatic carbocycles. The highest BCUT2D eigenvalue weighted by atomic mass is 32.2. The molecule has 106 valence electrons. The maximum absolute atomic E-state index is 5.47. The average molecular weight is 289 g/mol. The maximum Gasteiger partial charge on any atom is 0.192 e. The van der Waals surface area contributed by atoms with Crippen LogP contribution in [0.15, 0.2) is 40.6 Å². The summed E-state index contributed by atoms with van der Waals surface area (Å²) in [6, 6.07) is 6.23. The van der Waals surface area contributed by atoms with E-state index in [9.17, 15) is 0 Å². The summed E-state index contributed by atoms with van der Waals surface area (Å²) in [5.74, 6) is 0.879. The second kappa shape index (κ2) is 6.72. The Balaban J connectivity index is 2.37. The van der Waals surface area contributed by atoms with Gasteiger partial charge in [-0.3, -0.25) is 0 Å². The molecule has 1 atom stereocenters. The van der Waals surface area contributed by atoms with Gasteiger partial charge in [-0.1, -0.05) is 6.07 Å². The van der Waals surface area contributed by atoms with E-state index in [4.69, 9.17) is 4.74 Å². The Labute approximate surface area is 124 Å². The van der Waals surface area contributed by atoms with E-state index in [0.29, 0.717) is 0 Å². The molecule has 1 unspecified atom stereocenters. The number of benzene rings is 1. The van der Waals surface area contributed by atoms with Crippen LogP contribution >= 0.6 is 11.8 Å². The Morgan fingerprint density at radius 3 is 2.55 bits per heavy atom. The van der Waals surface area contributed by atoms with Crippen LogP contribution in [-0.4, -0.2) is 24.1 Å². The fourth-order valence-electron chi connectivity index (χ4n) is 1.89. The van der Waals surface area contributed by atoms with Crippen LogP contribution < -0.4 is 10.1 Å². The summed E-state index contributed by atoms with van der Waals surface area (Å²) < 4.78 is 5.47. The largest absolute Gasteiger partial charge is 0.496 e. The zero-order valence-electron chi connectivity index (χ0n) is 12.2. The number of hydrogen-bond acceptors (Lipinski definition) is 5. The van der Waals surface area contributed by atoms with Crippen molar-refractivity contribution in [1.29, 1.82) is 0 Å². The quantitative estimate of drug-likeness (QED) is 0.856. The van der Waals surface area contributed by atoms with Crippen molar-refractivity contribution in [3.8, 4) is 5.75 Å². The second-order valence-electron chi connectivity index (χ2n) is 4.53. The van der Waals surface area contributed by atoms with Gasteiger partial charge in [0.2, 0.25) is 0 Å². The number of nitrogens with one attached hydrogen (secondary N) is 1. The van der Waals surface area contributed by atoms with E-state index in [1.807, 2.05) is 38.5 Å². The lowest BCUT2D eigenvalue weighted by Gasteiger charge is -2.18. The third kappa shape index (κ3) is 3.29. The van der Waals surface area contributed by atoms with Gasteiger partial charge in [-0.2, -0.15) is 0 Å². The normalized spacial score (nSPS) is 12.2. The number of hydrogen-bond donors (Lipinski definition) is 1. The molecule has 0 bridgehead atoms. The molecule has 2 rings (SSSR count). The SMILES string of the molecule is CNC(C)c1c(OC)cccc1Sc1ncc(C)cn1. The molecule has 0 aliphatic rings. The van der Waals surface area contributed by atoms with Gasteiger partial charge in [0.05, 0.1) is 7.11 Å². The molecule has 0 spiro atoms. The minimum absolute atomic E-state index is 0.194. The van der Waals surface area contributed by atoms with Crippen molar-refractivity contribution in [3.05, 3.63) is 41.7 Å². The van der Waals surface area contributed by atoms with Crippen LogP contribution in [0.25, 0.3) is 0 Å². The maximum atomic E-state index is 5.47. The monoisotopic (exact) mass is 289 g/mol. The molecule has 20 heavy (non-hydrogen) atoms. The third-order valence-electron chi connectivity index (χ3n) is 3.07. The highest BCUT2D eigenvalue weighted by Crippen LogP contribution is 2.36. The van der Waals surface area contributed by atoms with Gasteiger partial charge >= 0.3 is 0 Å². The van der Waals surface area contributed by atoms with Crippen LogP contribution in [-0.2, 0) is 0 Å². The van der Waals surface area contributed by atoms with Gasteiger partial charge in [0, 0.05) is 28.9 Å². The smallest absolute Gasteiger partial charge is 0.192 e. The van der Waals surface area contributed by atoms with E-state index >= 15 is 0 Å². The molecule has 5 heteroatoms. The van der Waals surface area contributed by atoms with E-state index in [-0.39, 0.29) is 6.04 Å². The summed E-state index contributed by atoms with van der Waals surface area (Å²) in [5, 5.41) is 4.00.